The maximum atomic E-state index is 11.6. The Morgan fingerprint density at radius 1 is 0.800 bits per heavy atom. The first kappa shape index (κ1) is 16.4. The zero-order chi connectivity index (χ0) is 17.0. The third kappa shape index (κ3) is 2.70. The molecular formula is C23H34O2. The highest BCUT2D eigenvalue weighted by molar-refractivity contribution is 5.70. The van der Waals surface area contributed by atoms with Crippen molar-refractivity contribution in [2.45, 2.75) is 77.0 Å². The Labute approximate surface area is 152 Å². The summed E-state index contributed by atoms with van der Waals surface area (Å²) in [5, 5.41) is 9.52. The van der Waals surface area contributed by atoms with Crippen molar-refractivity contribution in [3.8, 4) is 0 Å². The third-order valence-corrected chi connectivity index (χ3v) is 9.13. The number of rotatable bonds is 1. The van der Waals surface area contributed by atoms with Gasteiger partial charge in [-0.15, -0.1) is 0 Å². The van der Waals surface area contributed by atoms with Gasteiger partial charge in [-0.1, -0.05) is 30.9 Å². The topological polar surface area (TPSA) is 37.3 Å². The summed E-state index contributed by atoms with van der Waals surface area (Å²) in [5.41, 5.74) is 1.73. The van der Waals surface area contributed by atoms with Crippen molar-refractivity contribution in [1.82, 2.24) is 0 Å². The molecule has 0 spiro atoms. The second-order valence-electron chi connectivity index (χ2n) is 9.95. The molecule has 5 aliphatic carbocycles. The van der Waals surface area contributed by atoms with E-state index in [1.165, 1.54) is 57.8 Å². The van der Waals surface area contributed by atoms with E-state index < -0.39 is 5.97 Å². The van der Waals surface area contributed by atoms with Gasteiger partial charge in [0.15, 0.2) is 0 Å². The predicted octanol–water partition coefficient (Wildman–Crippen LogP) is 5.68. The predicted molar refractivity (Wildman–Crippen MR) is 99.0 cm³/mol. The first-order chi connectivity index (χ1) is 12.2. The van der Waals surface area contributed by atoms with E-state index in [1.54, 1.807) is 5.57 Å². The maximum absolute atomic E-state index is 11.6. The lowest BCUT2D eigenvalue weighted by Crippen LogP contribution is -2.45. The van der Waals surface area contributed by atoms with Crippen molar-refractivity contribution >= 4 is 5.97 Å². The van der Waals surface area contributed by atoms with Crippen LogP contribution in [-0.4, -0.2) is 11.1 Å². The molecule has 0 bridgehead atoms. The lowest BCUT2D eigenvalue weighted by molar-refractivity contribution is -0.144. The minimum atomic E-state index is -0.544. The molecule has 8 atom stereocenters. The van der Waals surface area contributed by atoms with Gasteiger partial charge in [-0.3, -0.25) is 4.79 Å². The van der Waals surface area contributed by atoms with Gasteiger partial charge >= 0.3 is 5.97 Å². The van der Waals surface area contributed by atoms with Crippen molar-refractivity contribution in [1.29, 1.82) is 0 Å². The number of carboxylic acid groups (broad SMARTS) is 1. The van der Waals surface area contributed by atoms with Gasteiger partial charge < -0.3 is 5.11 Å². The first-order valence-corrected chi connectivity index (χ1v) is 11.1. The Bertz CT molecular complexity index is 564. The smallest absolute Gasteiger partial charge is 0.306 e. The summed E-state index contributed by atoms with van der Waals surface area (Å²) in [6.45, 7) is 0. The first-order valence-electron chi connectivity index (χ1n) is 11.1. The van der Waals surface area contributed by atoms with Gasteiger partial charge in [0.25, 0.3) is 0 Å². The molecule has 4 saturated carbocycles. The van der Waals surface area contributed by atoms with E-state index in [4.69, 9.17) is 0 Å². The number of hydrogen-bond acceptors (Lipinski definition) is 1. The molecule has 0 aromatic rings. The number of allylic oxidation sites excluding steroid dienone is 2. The van der Waals surface area contributed by atoms with Crippen LogP contribution in [0.1, 0.15) is 77.0 Å². The van der Waals surface area contributed by atoms with Gasteiger partial charge in [0.2, 0.25) is 0 Å². The van der Waals surface area contributed by atoms with Gasteiger partial charge in [-0.25, -0.2) is 0 Å². The zero-order valence-electron chi connectivity index (χ0n) is 15.5. The fraction of sp³-hybridized carbons (Fsp3) is 0.870. The Balaban J connectivity index is 1.39. The summed E-state index contributed by atoms with van der Waals surface area (Å²) in [6.07, 6.45) is 18.6. The van der Waals surface area contributed by atoms with Gasteiger partial charge in [0.05, 0.1) is 5.92 Å². The summed E-state index contributed by atoms with van der Waals surface area (Å²) < 4.78 is 0. The van der Waals surface area contributed by atoms with Crippen molar-refractivity contribution in [2.75, 3.05) is 0 Å². The van der Waals surface area contributed by atoms with Crippen molar-refractivity contribution in [3.63, 3.8) is 0 Å². The average molecular weight is 343 g/mol. The Morgan fingerprint density at radius 2 is 1.60 bits per heavy atom. The van der Waals surface area contributed by atoms with Crippen LogP contribution in [0.3, 0.4) is 0 Å². The van der Waals surface area contributed by atoms with Crippen LogP contribution < -0.4 is 0 Å². The highest BCUT2D eigenvalue weighted by Crippen LogP contribution is 2.58. The number of carboxylic acids is 1. The summed E-state index contributed by atoms with van der Waals surface area (Å²) in [4.78, 5) is 11.6. The van der Waals surface area contributed by atoms with Crippen LogP contribution in [0, 0.1) is 47.3 Å². The molecule has 0 aromatic carbocycles. The highest BCUT2D eigenvalue weighted by atomic mass is 16.4. The second-order valence-corrected chi connectivity index (χ2v) is 9.95. The van der Waals surface area contributed by atoms with E-state index in [9.17, 15) is 9.90 Å². The molecule has 8 unspecified atom stereocenters. The van der Waals surface area contributed by atoms with Crippen LogP contribution in [0.15, 0.2) is 11.6 Å². The van der Waals surface area contributed by atoms with Gasteiger partial charge in [0.1, 0.15) is 0 Å². The molecule has 0 aliphatic heterocycles. The minimum Gasteiger partial charge on any atom is -0.481 e. The molecule has 138 valence electrons. The van der Waals surface area contributed by atoms with Gasteiger partial charge in [-0.05, 0) is 99.2 Å². The van der Waals surface area contributed by atoms with Crippen LogP contribution in [0.25, 0.3) is 0 Å². The minimum absolute atomic E-state index is 0.0762. The number of carbonyl (C=O) groups is 1. The van der Waals surface area contributed by atoms with Crippen molar-refractivity contribution in [2.24, 2.45) is 47.3 Å². The molecular weight excluding hydrogens is 308 g/mol. The molecule has 0 radical (unpaired) electrons. The Kier molecular flexibility index (Phi) is 4.21. The summed E-state index contributed by atoms with van der Waals surface area (Å²) >= 11 is 0. The van der Waals surface area contributed by atoms with E-state index >= 15 is 0 Å². The van der Waals surface area contributed by atoms with Crippen LogP contribution in [-0.2, 0) is 4.79 Å². The molecule has 0 saturated heterocycles. The zero-order valence-corrected chi connectivity index (χ0v) is 15.5. The molecule has 0 aromatic heterocycles. The summed E-state index contributed by atoms with van der Waals surface area (Å²) in [6, 6.07) is 0. The fourth-order valence-electron chi connectivity index (χ4n) is 8.03. The van der Waals surface area contributed by atoms with Crippen LogP contribution in [0.5, 0.6) is 0 Å². The monoisotopic (exact) mass is 342 g/mol. The van der Waals surface area contributed by atoms with Crippen LogP contribution in [0.4, 0.5) is 0 Å². The highest BCUT2D eigenvalue weighted by Gasteiger charge is 2.49. The van der Waals surface area contributed by atoms with E-state index in [-0.39, 0.29) is 5.92 Å². The van der Waals surface area contributed by atoms with Gasteiger partial charge in [-0.2, -0.15) is 0 Å². The number of aliphatic carboxylic acids is 1. The Hall–Kier alpha value is -0.790. The standard InChI is InChI=1S/C23H34O2/c24-23(25)16-6-5-15-8-10-20-19-9-7-14-3-1-2-4-17(14)18(19)11-12-21(20)22(15)13-16/h12,14-20,22H,1-11,13H2,(H,24,25). The number of fused-ring (bicyclic) bond motifs is 7. The Morgan fingerprint density at radius 3 is 2.48 bits per heavy atom. The fourth-order valence-corrected chi connectivity index (χ4v) is 8.03. The van der Waals surface area contributed by atoms with Crippen molar-refractivity contribution < 1.29 is 9.90 Å². The van der Waals surface area contributed by atoms with Crippen molar-refractivity contribution in [3.05, 3.63) is 11.6 Å². The molecule has 2 heteroatoms. The van der Waals surface area contributed by atoms with E-state index in [0.717, 1.165) is 54.8 Å². The quantitative estimate of drug-likeness (QED) is 0.623. The van der Waals surface area contributed by atoms with Crippen LogP contribution >= 0.6 is 0 Å². The molecule has 25 heavy (non-hydrogen) atoms. The molecule has 1 N–H and O–H groups in total. The van der Waals surface area contributed by atoms with Gasteiger partial charge in [0, 0.05) is 0 Å². The molecule has 4 fully saturated rings. The molecule has 0 amide bonds. The lowest BCUT2D eigenvalue weighted by Gasteiger charge is -2.54. The van der Waals surface area contributed by atoms with E-state index in [0.29, 0.717) is 5.92 Å². The largest absolute Gasteiger partial charge is 0.481 e. The second kappa shape index (κ2) is 6.43. The number of hydrogen-bond donors (Lipinski definition) is 1. The molecule has 0 heterocycles. The SMILES string of the molecule is O=C(O)C1CCC2CCC3C(=CCC4C5CCCCC5CCC34)C2C1. The molecule has 5 rings (SSSR count). The average Bonchev–Trinajstić information content (AvgIpc) is 2.66. The molecule has 5 aliphatic rings. The van der Waals surface area contributed by atoms with Crippen LogP contribution in [0.2, 0.25) is 0 Å². The molecule has 2 nitrogen and oxygen atoms in total. The van der Waals surface area contributed by atoms with E-state index in [2.05, 4.69) is 6.08 Å². The summed E-state index contributed by atoms with van der Waals surface area (Å²) in [7, 11) is 0. The lowest BCUT2D eigenvalue weighted by atomic mass is 9.51. The summed E-state index contributed by atoms with van der Waals surface area (Å²) in [5.74, 6) is 5.54. The third-order valence-electron chi connectivity index (χ3n) is 9.13. The van der Waals surface area contributed by atoms with E-state index in [1.807, 2.05) is 0 Å². The normalized spacial score (nSPS) is 49.0. The maximum Gasteiger partial charge on any atom is 0.306 e.